The van der Waals surface area contributed by atoms with Gasteiger partial charge < -0.3 is 23.5 Å². The maximum atomic E-state index is 6.81. The van der Waals surface area contributed by atoms with Gasteiger partial charge in [-0.25, -0.2) is 0 Å². The van der Waals surface area contributed by atoms with Crippen LogP contribution in [0.2, 0.25) is 0 Å². The number of furan rings is 2. The van der Waals surface area contributed by atoms with Gasteiger partial charge in [0.25, 0.3) is 6.71 Å². The molecule has 2 aromatic heterocycles. The predicted octanol–water partition coefficient (Wildman–Crippen LogP) is 17.4. The fourth-order valence-electron chi connectivity index (χ4n) is 14.7. The van der Waals surface area contributed by atoms with Gasteiger partial charge in [-0.05, 0) is 134 Å². The number of nitrogens with zero attached hydrogens (tertiary/aromatic N) is 3. The maximum absolute atomic E-state index is 6.81. The Morgan fingerprint density at radius 3 is 1.34 bits per heavy atom. The summed E-state index contributed by atoms with van der Waals surface area (Å²) in [7, 11) is 0. The zero-order chi connectivity index (χ0) is 51.5. The van der Waals surface area contributed by atoms with E-state index >= 15 is 0 Å². The maximum Gasteiger partial charge on any atom is 0.252 e. The lowest BCUT2D eigenvalue weighted by Crippen LogP contribution is -2.61. The first-order chi connectivity index (χ1) is 39.2. The third kappa shape index (κ3) is 5.59. The number of para-hydroxylation sites is 5. The zero-order valence-corrected chi connectivity index (χ0v) is 42.6. The van der Waals surface area contributed by atoms with E-state index in [-0.39, 0.29) is 6.71 Å². The van der Waals surface area contributed by atoms with Crippen LogP contribution in [0.1, 0.15) is 22.3 Å². The number of rotatable bonds is 5. The van der Waals surface area contributed by atoms with E-state index in [4.69, 9.17) is 8.83 Å². The molecule has 6 heteroatoms. The van der Waals surface area contributed by atoms with Crippen LogP contribution in [0.5, 0.6) is 0 Å². The van der Waals surface area contributed by atoms with E-state index in [1.807, 2.05) is 0 Å². The minimum atomic E-state index is -0.522. The second kappa shape index (κ2) is 15.9. The number of benzene rings is 12. The minimum absolute atomic E-state index is 0.180. The Bertz CT molecular complexity index is 4660. The Kier molecular flexibility index (Phi) is 8.62. The van der Waals surface area contributed by atoms with Crippen molar-refractivity contribution in [2.45, 2.75) is 5.41 Å². The van der Waals surface area contributed by atoms with E-state index in [0.29, 0.717) is 0 Å². The Morgan fingerprint density at radius 2 is 0.797 bits per heavy atom. The number of hydrogen-bond acceptors (Lipinski definition) is 5. The van der Waals surface area contributed by atoms with Gasteiger partial charge in [-0.2, -0.15) is 0 Å². The van der Waals surface area contributed by atoms with Crippen LogP contribution in [0.25, 0.3) is 66.1 Å². The van der Waals surface area contributed by atoms with E-state index in [2.05, 4.69) is 282 Å². The second-order valence-electron chi connectivity index (χ2n) is 21.4. The molecule has 366 valence electrons. The van der Waals surface area contributed by atoms with Crippen molar-refractivity contribution in [2.24, 2.45) is 0 Å². The summed E-state index contributed by atoms with van der Waals surface area (Å²) in [5.41, 5.74) is 26.6. The van der Waals surface area contributed by atoms with Crippen molar-refractivity contribution in [2.75, 3.05) is 14.7 Å². The fraction of sp³-hybridized carbons (Fsp3) is 0.0137. The highest BCUT2D eigenvalue weighted by molar-refractivity contribution is 7.01. The molecule has 2 aliphatic heterocycles. The molecule has 0 bridgehead atoms. The highest BCUT2D eigenvalue weighted by Gasteiger charge is 2.53. The van der Waals surface area contributed by atoms with Crippen molar-refractivity contribution in [1.82, 2.24) is 0 Å². The highest BCUT2D eigenvalue weighted by atomic mass is 16.3. The molecule has 0 unspecified atom stereocenters. The summed E-state index contributed by atoms with van der Waals surface area (Å²) < 4.78 is 13.6. The molecule has 12 aromatic carbocycles. The van der Waals surface area contributed by atoms with Crippen LogP contribution in [0.3, 0.4) is 0 Å². The minimum Gasteiger partial charge on any atom is -0.456 e. The Morgan fingerprint density at radius 1 is 0.354 bits per heavy atom. The van der Waals surface area contributed by atoms with Crippen LogP contribution >= 0.6 is 0 Å². The van der Waals surface area contributed by atoms with E-state index < -0.39 is 5.41 Å². The third-order valence-corrected chi connectivity index (χ3v) is 17.6. The average Bonchev–Trinajstić information content (AvgIpc) is 3.80. The average molecular weight is 1010 g/mol. The monoisotopic (exact) mass is 1010 g/mol. The molecule has 79 heavy (non-hydrogen) atoms. The smallest absolute Gasteiger partial charge is 0.252 e. The van der Waals surface area contributed by atoms with Crippen LogP contribution in [0.4, 0.5) is 51.2 Å². The summed E-state index contributed by atoms with van der Waals surface area (Å²) in [6.45, 7) is -0.180. The van der Waals surface area contributed by atoms with E-state index in [0.717, 1.165) is 95.1 Å². The van der Waals surface area contributed by atoms with Gasteiger partial charge >= 0.3 is 0 Å². The van der Waals surface area contributed by atoms with Crippen molar-refractivity contribution in [1.29, 1.82) is 0 Å². The molecular weight excluding hydrogens is 962 g/mol. The van der Waals surface area contributed by atoms with Crippen LogP contribution in [-0.4, -0.2) is 6.71 Å². The van der Waals surface area contributed by atoms with Gasteiger partial charge in [0.15, 0.2) is 0 Å². The molecule has 2 aliphatic carbocycles. The molecule has 4 heterocycles. The van der Waals surface area contributed by atoms with Crippen LogP contribution < -0.4 is 31.1 Å². The molecule has 0 fully saturated rings. The summed E-state index contributed by atoms with van der Waals surface area (Å²) in [5.74, 6) is 0. The third-order valence-electron chi connectivity index (χ3n) is 17.6. The van der Waals surface area contributed by atoms with E-state index in [9.17, 15) is 0 Å². The highest BCUT2D eigenvalue weighted by Crippen LogP contribution is 2.65. The summed E-state index contributed by atoms with van der Waals surface area (Å²) in [6.07, 6.45) is 0. The summed E-state index contributed by atoms with van der Waals surface area (Å²) >= 11 is 0. The van der Waals surface area contributed by atoms with Gasteiger partial charge in [-0.1, -0.05) is 188 Å². The van der Waals surface area contributed by atoms with Crippen molar-refractivity contribution >= 4 is 118 Å². The molecule has 0 amide bonds. The van der Waals surface area contributed by atoms with Crippen molar-refractivity contribution < 1.29 is 8.83 Å². The van der Waals surface area contributed by atoms with Gasteiger partial charge in [0.1, 0.15) is 22.3 Å². The van der Waals surface area contributed by atoms with Crippen molar-refractivity contribution in [3.8, 4) is 22.3 Å². The predicted molar refractivity (Wildman–Crippen MR) is 326 cm³/mol. The van der Waals surface area contributed by atoms with Crippen molar-refractivity contribution in [3.63, 3.8) is 0 Å². The molecule has 14 aromatic rings. The van der Waals surface area contributed by atoms with Gasteiger partial charge in [0.05, 0.1) is 38.9 Å². The molecule has 5 nitrogen and oxygen atoms in total. The van der Waals surface area contributed by atoms with E-state index in [1.165, 1.54) is 60.9 Å². The summed E-state index contributed by atoms with van der Waals surface area (Å²) in [6, 6.07) is 98.2. The molecule has 18 rings (SSSR count). The standard InChI is InChI=1S/C73H44BN3O2/c1-4-21-45(22-5-1)75(60-36-20-35-57-67(60)51-29-12-17-34-56(51)73(57)54-32-15-10-27-49(54)50-28-11-16-33-55(50)73)48-43-61-70-62(44-48)77(47-25-8-3-9-26-47)72-59(40-42-66-69(72)53-31-14-19-38-64(53)79-66)74(70)58-39-41-65-68(52-30-13-18-37-63(52)78-65)71(58)76(61)46-23-6-2-7-24-46/h1-44H. The second-order valence-corrected chi connectivity index (χ2v) is 21.4. The molecule has 0 atom stereocenters. The SMILES string of the molecule is c1ccc(N(c2cc3c4c(c2)N(c2ccccc2)c2c(ccc5oc6ccccc6c25)B4c2ccc4oc5ccccc5c4c2N3c2ccccc2)c2cccc3c2-c2ccccc2C32c3ccccc3-c3ccccc32)cc1. The fourth-order valence-corrected chi connectivity index (χ4v) is 14.7. The summed E-state index contributed by atoms with van der Waals surface area (Å²) in [4.78, 5) is 7.60. The molecule has 0 saturated heterocycles. The molecular formula is C73H44BN3O2. The van der Waals surface area contributed by atoms with E-state index in [1.54, 1.807) is 0 Å². The Balaban J connectivity index is 1.00. The lowest BCUT2D eigenvalue weighted by molar-refractivity contribution is 0.668. The van der Waals surface area contributed by atoms with Crippen LogP contribution in [-0.2, 0) is 5.41 Å². The molecule has 0 N–H and O–H groups in total. The number of hydrogen-bond donors (Lipinski definition) is 0. The number of fused-ring (bicyclic) bond motifs is 22. The first-order valence-electron chi connectivity index (χ1n) is 27.3. The lowest BCUT2D eigenvalue weighted by atomic mass is 9.33. The first-order valence-corrected chi connectivity index (χ1v) is 27.3. The van der Waals surface area contributed by atoms with Gasteiger partial charge in [0, 0.05) is 44.8 Å². The molecule has 4 aliphatic rings. The normalized spacial score (nSPS) is 13.8. The van der Waals surface area contributed by atoms with Gasteiger partial charge in [0.2, 0.25) is 0 Å². The van der Waals surface area contributed by atoms with Crippen LogP contribution in [0.15, 0.2) is 276 Å². The topological polar surface area (TPSA) is 36.0 Å². The largest absolute Gasteiger partial charge is 0.456 e. The quantitative estimate of drug-likeness (QED) is 0.161. The van der Waals surface area contributed by atoms with Gasteiger partial charge in [-0.3, -0.25) is 0 Å². The van der Waals surface area contributed by atoms with Crippen LogP contribution in [0, 0.1) is 0 Å². The van der Waals surface area contributed by atoms with Gasteiger partial charge in [-0.15, -0.1) is 0 Å². The first kappa shape index (κ1) is 42.9. The molecule has 0 radical (unpaired) electrons. The summed E-state index contributed by atoms with van der Waals surface area (Å²) in [5, 5.41) is 4.36. The Hall–Kier alpha value is -10.3. The zero-order valence-electron chi connectivity index (χ0n) is 42.6. The Labute approximate surface area is 456 Å². The lowest BCUT2D eigenvalue weighted by Gasteiger charge is -2.45. The molecule has 1 spiro atoms. The number of anilines is 9. The molecule has 0 saturated carbocycles. The van der Waals surface area contributed by atoms with Crippen molar-refractivity contribution in [3.05, 3.63) is 289 Å².